The lowest BCUT2D eigenvalue weighted by Crippen LogP contribution is -2.24. The van der Waals surface area contributed by atoms with Crippen molar-refractivity contribution in [1.29, 1.82) is 0 Å². The molecule has 0 saturated heterocycles. The SMILES string of the molecule is C=CCc1ccc(OCC2CN=C(N)O2)c(OC)c1. The minimum atomic E-state index is -0.127. The van der Waals surface area contributed by atoms with Crippen molar-refractivity contribution in [3.63, 3.8) is 0 Å². The van der Waals surface area contributed by atoms with Gasteiger partial charge >= 0.3 is 0 Å². The van der Waals surface area contributed by atoms with Crippen molar-refractivity contribution in [2.45, 2.75) is 12.5 Å². The van der Waals surface area contributed by atoms with Gasteiger partial charge in [0.05, 0.1) is 13.7 Å². The molecule has 1 aromatic rings. The largest absolute Gasteiger partial charge is 0.493 e. The third kappa shape index (κ3) is 3.40. The maximum atomic E-state index is 5.69. The van der Waals surface area contributed by atoms with Crippen LogP contribution in [0.2, 0.25) is 0 Å². The topological polar surface area (TPSA) is 66.1 Å². The summed E-state index contributed by atoms with van der Waals surface area (Å²) in [6, 6.07) is 6.04. The van der Waals surface area contributed by atoms with Gasteiger partial charge in [-0.05, 0) is 24.1 Å². The van der Waals surface area contributed by atoms with E-state index in [9.17, 15) is 0 Å². The Hall–Kier alpha value is -2.17. The number of benzene rings is 1. The van der Waals surface area contributed by atoms with Crippen LogP contribution in [0.3, 0.4) is 0 Å². The molecule has 1 unspecified atom stereocenters. The van der Waals surface area contributed by atoms with Gasteiger partial charge in [0.1, 0.15) is 6.61 Å². The standard InChI is InChI=1S/C14H18N2O3/c1-3-4-10-5-6-12(13(7-10)17-2)18-9-11-8-16-14(15)19-11/h3,5-7,11H,1,4,8-9H2,2H3,(H2,15,16). The van der Waals surface area contributed by atoms with E-state index in [4.69, 9.17) is 19.9 Å². The summed E-state index contributed by atoms with van der Waals surface area (Å²) in [6.45, 7) is 4.64. The maximum Gasteiger partial charge on any atom is 0.282 e. The minimum absolute atomic E-state index is 0.127. The number of ether oxygens (including phenoxy) is 3. The van der Waals surface area contributed by atoms with Crippen molar-refractivity contribution in [2.24, 2.45) is 10.7 Å². The van der Waals surface area contributed by atoms with Crippen LogP contribution < -0.4 is 15.2 Å². The minimum Gasteiger partial charge on any atom is -0.493 e. The van der Waals surface area contributed by atoms with Crippen LogP contribution in [0.5, 0.6) is 11.5 Å². The molecule has 5 nitrogen and oxygen atoms in total. The van der Waals surface area contributed by atoms with E-state index in [0.717, 1.165) is 12.0 Å². The number of nitrogens with two attached hydrogens (primary N) is 1. The number of aliphatic imine (C=N–C) groups is 1. The molecule has 0 aliphatic carbocycles. The lowest BCUT2D eigenvalue weighted by atomic mass is 10.1. The Morgan fingerprint density at radius 2 is 2.37 bits per heavy atom. The molecule has 1 aliphatic rings. The van der Waals surface area contributed by atoms with E-state index in [1.807, 2.05) is 24.3 Å². The lowest BCUT2D eigenvalue weighted by Gasteiger charge is -2.14. The fourth-order valence-electron chi connectivity index (χ4n) is 1.83. The quantitative estimate of drug-likeness (QED) is 0.789. The number of rotatable bonds is 6. The maximum absolute atomic E-state index is 5.69. The Kier molecular flexibility index (Phi) is 4.28. The summed E-state index contributed by atoms with van der Waals surface area (Å²) >= 11 is 0. The second kappa shape index (κ2) is 6.13. The molecule has 0 saturated carbocycles. The van der Waals surface area contributed by atoms with Crippen molar-refractivity contribution in [1.82, 2.24) is 0 Å². The van der Waals surface area contributed by atoms with E-state index in [0.29, 0.717) is 24.7 Å². The van der Waals surface area contributed by atoms with Crippen LogP contribution in [0.1, 0.15) is 5.56 Å². The summed E-state index contributed by atoms with van der Waals surface area (Å²) in [6.07, 6.45) is 2.52. The smallest absolute Gasteiger partial charge is 0.282 e. The normalized spacial score (nSPS) is 17.5. The molecule has 1 aliphatic heterocycles. The predicted molar refractivity (Wildman–Crippen MR) is 73.8 cm³/mol. The van der Waals surface area contributed by atoms with E-state index in [1.165, 1.54) is 0 Å². The number of allylic oxidation sites excluding steroid dienone is 1. The fourth-order valence-corrected chi connectivity index (χ4v) is 1.83. The summed E-state index contributed by atoms with van der Waals surface area (Å²) < 4.78 is 16.3. The molecule has 5 heteroatoms. The highest BCUT2D eigenvalue weighted by Gasteiger charge is 2.19. The van der Waals surface area contributed by atoms with E-state index >= 15 is 0 Å². The molecule has 1 atom stereocenters. The zero-order valence-corrected chi connectivity index (χ0v) is 11.0. The van der Waals surface area contributed by atoms with Gasteiger partial charge in [-0.2, -0.15) is 0 Å². The van der Waals surface area contributed by atoms with Gasteiger partial charge in [0.2, 0.25) is 0 Å². The Labute approximate surface area is 112 Å². The van der Waals surface area contributed by atoms with Crippen molar-refractivity contribution in [3.05, 3.63) is 36.4 Å². The molecule has 0 spiro atoms. The summed E-state index contributed by atoms with van der Waals surface area (Å²) in [5, 5.41) is 0. The Balaban J connectivity index is 1.97. The number of methoxy groups -OCH3 is 1. The summed E-state index contributed by atoms with van der Waals surface area (Å²) in [5.74, 6) is 1.38. The van der Waals surface area contributed by atoms with Crippen LogP contribution in [0.4, 0.5) is 0 Å². The van der Waals surface area contributed by atoms with Gasteiger partial charge in [0.25, 0.3) is 6.02 Å². The number of hydrogen-bond donors (Lipinski definition) is 1. The highest BCUT2D eigenvalue weighted by Crippen LogP contribution is 2.28. The molecular weight excluding hydrogens is 244 g/mol. The summed E-state index contributed by atoms with van der Waals surface area (Å²) in [5.41, 5.74) is 6.57. The molecule has 0 fully saturated rings. The average Bonchev–Trinajstić information content (AvgIpc) is 2.83. The van der Waals surface area contributed by atoms with Crippen LogP contribution in [-0.2, 0) is 11.2 Å². The first-order chi connectivity index (χ1) is 9.22. The van der Waals surface area contributed by atoms with Crippen molar-refractivity contribution in [2.75, 3.05) is 20.3 Å². The molecule has 0 bridgehead atoms. The second-order valence-electron chi connectivity index (χ2n) is 4.21. The Morgan fingerprint density at radius 1 is 1.53 bits per heavy atom. The molecule has 19 heavy (non-hydrogen) atoms. The van der Waals surface area contributed by atoms with Crippen LogP contribution >= 0.6 is 0 Å². The number of amidine groups is 1. The highest BCUT2D eigenvalue weighted by molar-refractivity contribution is 5.73. The van der Waals surface area contributed by atoms with Crippen LogP contribution in [0, 0.1) is 0 Å². The zero-order chi connectivity index (χ0) is 13.7. The Bertz CT molecular complexity index is 486. The van der Waals surface area contributed by atoms with Gasteiger partial charge < -0.3 is 19.9 Å². The number of nitrogens with zero attached hydrogens (tertiary/aromatic N) is 1. The first kappa shape index (κ1) is 13.3. The van der Waals surface area contributed by atoms with Crippen molar-refractivity contribution < 1.29 is 14.2 Å². The van der Waals surface area contributed by atoms with Crippen LogP contribution in [-0.4, -0.2) is 32.4 Å². The predicted octanol–water partition coefficient (Wildman–Crippen LogP) is 1.52. The van der Waals surface area contributed by atoms with Crippen LogP contribution in [0.25, 0.3) is 0 Å². The van der Waals surface area contributed by atoms with E-state index in [1.54, 1.807) is 7.11 Å². The van der Waals surface area contributed by atoms with Gasteiger partial charge in [0.15, 0.2) is 17.6 Å². The zero-order valence-electron chi connectivity index (χ0n) is 11.0. The fraction of sp³-hybridized carbons (Fsp3) is 0.357. The lowest BCUT2D eigenvalue weighted by molar-refractivity contribution is 0.139. The molecule has 2 rings (SSSR count). The molecule has 0 amide bonds. The monoisotopic (exact) mass is 262 g/mol. The van der Waals surface area contributed by atoms with Crippen LogP contribution in [0.15, 0.2) is 35.8 Å². The third-order valence-corrected chi connectivity index (χ3v) is 2.77. The van der Waals surface area contributed by atoms with E-state index in [-0.39, 0.29) is 12.1 Å². The van der Waals surface area contributed by atoms with E-state index in [2.05, 4.69) is 11.6 Å². The van der Waals surface area contributed by atoms with Gasteiger partial charge in [0, 0.05) is 0 Å². The molecular formula is C14H18N2O3. The Morgan fingerprint density at radius 3 is 3.00 bits per heavy atom. The highest BCUT2D eigenvalue weighted by atomic mass is 16.6. The molecule has 102 valence electrons. The first-order valence-corrected chi connectivity index (χ1v) is 6.10. The van der Waals surface area contributed by atoms with Gasteiger partial charge in [-0.25, -0.2) is 4.99 Å². The summed E-state index contributed by atoms with van der Waals surface area (Å²) in [7, 11) is 1.62. The summed E-state index contributed by atoms with van der Waals surface area (Å²) in [4.78, 5) is 3.96. The average molecular weight is 262 g/mol. The molecule has 0 aromatic heterocycles. The molecule has 1 heterocycles. The molecule has 1 aromatic carbocycles. The van der Waals surface area contributed by atoms with Crippen molar-refractivity contribution in [3.8, 4) is 11.5 Å². The second-order valence-corrected chi connectivity index (χ2v) is 4.21. The van der Waals surface area contributed by atoms with E-state index < -0.39 is 0 Å². The number of hydrogen-bond acceptors (Lipinski definition) is 5. The van der Waals surface area contributed by atoms with Gasteiger partial charge in [-0.15, -0.1) is 6.58 Å². The molecule has 2 N–H and O–H groups in total. The molecule has 0 radical (unpaired) electrons. The first-order valence-electron chi connectivity index (χ1n) is 6.10. The van der Waals surface area contributed by atoms with Gasteiger partial charge in [-0.3, -0.25) is 0 Å². The van der Waals surface area contributed by atoms with Gasteiger partial charge in [-0.1, -0.05) is 12.1 Å². The third-order valence-electron chi connectivity index (χ3n) is 2.77. The van der Waals surface area contributed by atoms with Crippen molar-refractivity contribution >= 4 is 6.02 Å².